The Kier molecular flexibility index (Phi) is 6.79. The van der Waals surface area contributed by atoms with Gasteiger partial charge in [-0.2, -0.15) is 0 Å². The highest BCUT2D eigenvalue weighted by Crippen LogP contribution is 2.38. The number of fused-ring (bicyclic) bond motifs is 1. The minimum absolute atomic E-state index is 0.278. The van der Waals surface area contributed by atoms with Crippen LogP contribution in [0.4, 0.5) is 5.00 Å². The molecule has 0 spiro atoms. The monoisotopic (exact) mass is 425 g/mol. The Morgan fingerprint density at radius 2 is 1.96 bits per heavy atom. The molecule has 0 saturated heterocycles. The second kappa shape index (κ2) is 9.09. The molecule has 0 unspecified atom stereocenters. The SMILES string of the molecule is CCCOC(=O)c1c(NC(=O)c2cc(Cl)ccc2Cl)sc2c1CCCCC2. The average Bonchev–Trinajstić information content (AvgIpc) is 2.82. The molecule has 7 heteroatoms. The number of nitrogens with one attached hydrogen (secondary N) is 1. The van der Waals surface area contributed by atoms with Crippen LogP contribution in [-0.2, 0) is 17.6 Å². The fourth-order valence-electron chi connectivity index (χ4n) is 3.16. The van der Waals surface area contributed by atoms with E-state index < -0.39 is 0 Å². The van der Waals surface area contributed by atoms with Crippen molar-refractivity contribution in [2.75, 3.05) is 11.9 Å². The molecule has 1 aromatic carbocycles. The summed E-state index contributed by atoms with van der Waals surface area (Å²) >= 11 is 13.6. The average molecular weight is 426 g/mol. The standard InChI is InChI=1S/C20H21Cl2NO3S/c1-2-10-26-20(25)17-13-6-4-3-5-7-16(13)27-19(17)23-18(24)14-11-12(21)8-9-15(14)22/h8-9,11H,2-7,10H2,1H3,(H,23,24). The number of carbonyl (C=O) groups excluding carboxylic acids is 2. The van der Waals surface area contributed by atoms with E-state index in [1.54, 1.807) is 12.1 Å². The quantitative estimate of drug-likeness (QED) is 0.461. The summed E-state index contributed by atoms with van der Waals surface area (Å²) in [7, 11) is 0. The Morgan fingerprint density at radius 3 is 2.74 bits per heavy atom. The largest absolute Gasteiger partial charge is 0.462 e. The molecule has 27 heavy (non-hydrogen) atoms. The summed E-state index contributed by atoms with van der Waals surface area (Å²) in [5.74, 6) is -0.757. The maximum atomic E-state index is 12.8. The Morgan fingerprint density at radius 1 is 1.19 bits per heavy atom. The number of hydrogen-bond donors (Lipinski definition) is 1. The van der Waals surface area contributed by atoms with Crippen LogP contribution in [0.15, 0.2) is 18.2 Å². The molecule has 0 bridgehead atoms. The van der Waals surface area contributed by atoms with Crippen molar-refractivity contribution < 1.29 is 14.3 Å². The molecule has 1 heterocycles. The topological polar surface area (TPSA) is 55.4 Å². The number of anilines is 1. The van der Waals surface area contributed by atoms with E-state index in [9.17, 15) is 9.59 Å². The number of halogens is 2. The zero-order chi connectivity index (χ0) is 19.4. The van der Waals surface area contributed by atoms with Gasteiger partial charge in [-0.25, -0.2) is 4.79 Å². The first-order chi connectivity index (χ1) is 13.0. The Labute approximate surface area is 172 Å². The number of amides is 1. The van der Waals surface area contributed by atoms with Crippen LogP contribution in [-0.4, -0.2) is 18.5 Å². The lowest BCUT2D eigenvalue weighted by atomic mass is 10.1. The van der Waals surface area contributed by atoms with Crippen LogP contribution in [0.3, 0.4) is 0 Å². The van der Waals surface area contributed by atoms with Crippen LogP contribution in [0.25, 0.3) is 0 Å². The third-order valence-corrected chi connectivity index (χ3v) is 6.23. The molecule has 1 aliphatic carbocycles. The van der Waals surface area contributed by atoms with Crippen LogP contribution in [0.5, 0.6) is 0 Å². The van der Waals surface area contributed by atoms with Gasteiger partial charge in [-0.1, -0.05) is 36.5 Å². The summed E-state index contributed by atoms with van der Waals surface area (Å²) in [6, 6.07) is 4.73. The first-order valence-corrected chi connectivity index (χ1v) is 10.7. The summed E-state index contributed by atoms with van der Waals surface area (Å²) in [5, 5.41) is 4.13. The van der Waals surface area contributed by atoms with Gasteiger partial charge in [-0.05, 0) is 55.9 Å². The molecule has 4 nitrogen and oxygen atoms in total. The summed E-state index contributed by atoms with van der Waals surface area (Å²) in [5.41, 5.74) is 1.79. The van der Waals surface area contributed by atoms with E-state index in [0.29, 0.717) is 27.2 Å². The van der Waals surface area contributed by atoms with Gasteiger partial charge in [0.1, 0.15) is 5.00 Å². The molecule has 0 atom stereocenters. The number of aryl methyl sites for hydroxylation is 1. The lowest BCUT2D eigenvalue weighted by molar-refractivity contribution is 0.0505. The molecule has 1 aromatic heterocycles. The van der Waals surface area contributed by atoms with E-state index in [-0.39, 0.29) is 17.4 Å². The second-order valence-electron chi connectivity index (χ2n) is 6.48. The molecule has 0 aliphatic heterocycles. The van der Waals surface area contributed by atoms with E-state index in [0.717, 1.165) is 49.0 Å². The Hall–Kier alpha value is -1.56. The molecule has 2 aromatic rings. The van der Waals surface area contributed by atoms with Gasteiger partial charge in [0, 0.05) is 9.90 Å². The van der Waals surface area contributed by atoms with Crippen molar-refractivity contribution in [2.45, 2.75) is 45.4 Å². The highest BCUT2D eigenvalue weighted by molar-refractivity contribution is 7.17. The summed E-state index contributed by atoms with van der Waals surface area (Å²) < 4.78 is 5.38. The lowest BCUT2D eigenvalue weighted by Crippen LogP contribution is -2.16. The van der Waals surface area contributed by atoms with E-state index in [1.807, 2.05) is 6.92 Å². The Bertz CT molecular complexity index is 863. The normalized spacial score (nSPS) is 13.6. The summed E-state index contributed by atoms with van der Waals surface area (Å²) in [6.45, 7) is 2.31. The fraction of sp³-hybridized carbons (Fsp3) is 0.400. The number of rotatable bonds is 5. The van der Waals surface area contributed by atoms with Crippen LogP contribution in [0.2, 0.25) is 10.0 Å². The van der Waals surface area contributed by atoms with E-state index in [2.05, 4.69) is 5.32 Å². The molecular formula is C20H21Cl2NO3S. The molecule has 144 valence electrons. The van der Waals surface area contributed by atoms with Crippen LogP contribution in [0.1, 0.15) is 63.8 Å². The zero-order valence-corrected chi connectivity index (χ0v) is 17.4. The van der Waals surface area contributed by atoms with Crippen molar-refractivity contribution in [3.8, 4) is 0 Å². The molecule has 0 saturated carbocycles. The van der Waals surface area contributed by atoms with Gasteiger partial charge in [0.2, 0.25) is 0 Å². The third kappa shape index (κ3) is 4.65. The molecule has 1 amide bonds. The van der Waals surface area contributed by atoms with Crippen molar-refractivity contribution in [1.29, 1.82) is 0 Å². The van der Waals surface area contributed by atoms with Gasteiger partial charge in [0.05, 0.1) is 22.8 Å². The highest BCUT2D eigenvalue weighted by Gasteiger charge is 2.27. The third-order valence-electron chi connectivity index (χ3n) is 4.46. The zero-order valence-electron chi connectivity index (χ0n) is 15.1. The van der Waals surface area contributed by atoms with E-state index >= 15 is 0 Å². The predicted octanol–water partition coefficient (Wildman–Crippen LogP) is 6.14. The molecular weight excluding hydrogens is 405 g/mol. The van der Waals surface area contributed by atoms with Crippen LogP contribution < -0.4 is 5.32 Å². The summed E-state index contributed by atoms with van der Waals surface area (Å²) in [6.07, 6.45) is 5.76. The van der Waals surface area contributed by atoms with Gasteiger partial charge in [-0.15, -0.1) is 11.3 Å². The number of esters is 1. The maximum absolute atomic E-state index is 12.8. The lowest BCUT2D eigenvalue weighted by Gasteiger charge is -2.10. The van der Waals surface area contributed by atoms with Gasteiger partial charge >= 0.3 is 5.97 Å². The number of benzene rings is 1. The van der Waals surface area contributed by atoms with Gasteiger partial charge in [0.15, 0.2) is 0 Å². The number of ether oxygens (including phenoxy) is 1. The number of carbonyl (C=O) groups is 2. The predicted molar refractivity (Wildman–Crippen MR) is 111 cm³/mol. The van der Waals surface area contributed by atoms with Crippen molar-refractivity contribution in [1.82, 2.24) is 0 Å². The van der Waals surface area contributed by atoms with Crippen molar-refractivity contribution >= 4 is 51.4 Å². The molecule has 0 radical (unpaired) electrons. The van der Waals surface area contributed by atoms with E-state index in [1.165, 1.54) is 17.4 Å². The molecule has 1 N–H and O–H groups in total. The minimum atomic E-state index is -0.386. The highest BCUT2D eigenvalue weighted by atomic mass is 35.5. The van der Waals surface area contributed by atoms with Crippen LogP contribution >= 0.6 is 34.5 Å². The first kappa shape index (κ1) is 20.2. The maximum Gasteiger partial charge on any atom is 0.341 e. The smallest absolute Gasteiger partial charge is 0.341 e. The van der Waals surface area contributed by atoms with Crippen LogP contribution in [0, 0.1) is 0 Å². The van der Waals surface area contributed by atoms with Crippen molar-refractivity contribution in [3.63, 3.8) is 0 Å². The second-order valence-corrected chi connectivity index (χ2v) is 8.43. The van der Waals surface area contributed by atoms with E-state index in [4.69, 9.17) is 27.9 Å². The van der Waals surface area contributed by atoms with Gasteiger partial charge < -0.3 is 10.1 Å². The number of thiophene rings is 1. The van der Waals surface area contributed by atoms with Gasteiger partial charge in [-0.3, -0.25) is 4.79 Å². The number of hydrogen-bond acceptors (Lipinski definition) is 4. The van der Waals surface area contributed by atoms with Gasteiger partial charge in [0.25, 0.3) is 5.91 Å². The molecule has 0 fully saturated rings. The first-order valence-electron chi connectivity index (χ1n) is 9.09. The fourth-order valence-corrected chi connectivity index (χ4v) is 4.80. The van der Waals surface area contributed by atoms with Crippen molar-refractivity contribution in [2.24, 2.45) is 0 Å². The minimum Gasteiger partial charge on any atom is -0.462 e. The molecule has 1 aliphatic rings. The Balaban J connectivity index is 1.95. The van der Waals surface area contributed by atoms with Crippen molar-refractivity contribution in [3.05, 3.63) is 49.8 Å². The summed E-state index contributed by atoms with van der Waals surface area (Å²) in [4.78, 5) is 26.6. The molecule has 3 rings (SSSR count).